The van der Waals surface area contributed by atoms with Crippen LogP contribution in [0.25, 0.3) is 21.6 Å². The Morgan fingerprint density at radius 2 is 2.40 bits per heavy atom. The van der Waals surface area contributed by atoms with Crippen molar-refractivity contribution in [3.63, 3.8) is 0 Å². The lowest BCUT2D eigenvalue weighted by Crippen LogP contribution is -2.28. The number of pyridine rings is 1. The van der Waals surface area contributed by atoms with Gasteiger partial charge in [-0.2, -0.15) is 4.98 Å². The van der Waals surface area contributed by atoms with E-state index in [1.54, 1.807) is 17.5 Å². The molecule has 0 spiro atoms. The quantitative estimate of drug-likeness (QED) is 0.744. The van der Waals surface area contributed by atoms with Gasteiger partial charge in [0.05, 0.1) is 10.2 Å². The highest BCUT2D eigenvalue weighted by atomic mass is 32.1. The van der Waals surface area contributed by atoms with Gasteiger partial charge in [0.1, 0.15) is 0 Å². The first-order chi connectivity index (χ1) is 9.74. The Morgan fingerprint density at radius 1 is 1.45 bits per heavy atom. The molecule has 20 heavy (non-hydrogen) atoms. The predicted molar refractivity (Wildman–Crippen MR) is 74.3 cm³/mol. The van der Waals surface area contributed by atoms with Gasteiger partial charge in [-0.25, -0.2) is 0 Å². The summed E-state index contributed by atoms with van der Waals surface area (Å²) < 4.78 is 6.30. The predicted octanol–water partition coefficient (Wildman–Crippen LogP) is 1.53. The third kappa shape index (κ3) is 1.82. The molecular formula is C13H12N4O2S. The van der Waals surface area contributed by atoms with E-state index < -0.39 is 5.60 Å². The number of aliphatic hydroxyl groups is 1. The van der Waals surface area contributed by atoms with Crippen LogP contribution in [0.15, 0.2) is 28.2 Å². The van der Waals surface area contributed by atoms with E-state index in [0.717, 1.165) is 22.3 Å². The number of hydrogen-bond donors (Lipinski definition) is 2. The second-order valence-electron chi connectivity index (χ2n) is 4.91. The maximum absolute atomic E-state index is 10.4. The second kappa shape index (κ2) is 4.34. The highest BCUT2D eigenvalue weighted by Gasteiger charge is 2.38. The van der Waals surface area contributed by atoms with Gasteiger partial charge in [0.25, 0.3) is 5.89 Å². The van der Waals surface area contributed by atoms with Gasteiger partial charge in [-0.05, 0) is 30.5 Å². The molecule has 6 nitrogen and oxygen atoms in total. The summed E-state index contributed by atoms with van der Waals surface area (Å²) in [5.41, 5.74) is 0.705. The van der Waals surface area contributed by atoms with Crippen molar-refractivity contribution < 1.29 is 9.63 Å². The Kier molecular flexibility index (Phi) is 2.59. The van der Waals surface area contributed by atoms with E-state index in [9.17, 15) is 5.11 Å². The van der Waals surface area contributed by atoms with Crippen molar-refractivity contribution in [2.75, 3.05) is 13.1 Å². The molecule has 0 radical (unpaired) electrons. The minimum absolute atomic E-state index is 0.267. The van der Waals surface area contributed by atoms with Gasteiger partial charge in [-0.1, -0.05) is 5.16 Å². The van der Waals surface area contributed by atoms with E-state index in [0.29, 0.717) is 18.8 Å². The highest BCUT2D eigenvalue weighted by Crippen LogP contribution is 2.29. The molecule has 4 rings (SSSR count). The van der Waals surface area contributed by atoms with Crippen LogP contribution in [0.1, 0.15) is 12.3 Å². The zero-order valence-electron chi connectivity index (χ0n) is 10.5. The Hall–Kier alpha value is -1.83. The first kappa shape index (κ1) is 12.0. The summed E-state index contributed by atoms with van der Waals surface area (Å²) in [7, 11) is 0. The monoisotopic (exact) mass is 288 g/mol. The Morgan fingerprint density at radius 3 is 3.25 bits per heavy atom. The molecule has 1 saturated heterocycles. The number of aromatic nitrogens is 3. The molecule has 3 aromatic rings. The van der Waals surface area contributed by atoms with E-state index in [1.165, 1.54) is 0 Å². The number of fused-ring (bicyclic) bond motifs is 1. The van der Waals surface area contributed by atoms with Crippen LogP contribution in [0.4, 0.5) is 0 Å². The number of nitrogens with zero attached hydrogens (tertiary/aromatic N) is 3. The fourth-order valence-corrected chi connectivity index (χ4v) is 3.14. The van der Waals surface area contributed by atoms with Gasteiger partial charge in [0, 0.05) is 18.3 Å². The maximum atomic E-state index is 10.4. The maximum Gasteiger partial charge on any atom is 0.260 e. The average molecular weight is 288 g/mol. The second-order valence-corrected chi connectivity index (χ2v) is 5.86. The van der Waals surface area contributed by atoms with Crippen LogP contribution < -0.4 is 5.32 Å². The number of β-amino-alcohol motifs (C(OH)–C–C–N with tert-alkyl or cyclic N) is 1. The largest absolute Gasteiger partial charge is 0.379 e. The third-order valence-corrected chi connectivity index (χ3v) is 4.37. The van der Waals surface area contributed by atoms with Crippen LogP contribution in [0.2, 0.25) is 0 Å². The summed E-state index contributed by atoms with van der Waals surface area (Å²) in [6.07, 6.45) is 2.30. The van der Waals surface area contributed by atoms with Crippen LogP contribution >= 0.6 is 11.3 Å². The Labute approximate surface area is 118 Å². The molecule has 1 atom stereocenters. The van der Waals surface area contributed by atoms with Crippen LogP contribution in [0.5, 0.6) is 0 Å². The number of hydrogen-bond acceptors (Lipinski definition) is 7. The molecular weight excluding hydrogens is 276 g/mol. The van der Waals surface area contributed by atoms with Gasteiger partial charge in [0.2, 0.25) is 5.82 Å². The highest BCUT2D eigenvalue weighted by molar-refractivity contribution is 7.17. The Balaban J connectivity index is 1.73. The minimum Gasteiger partial charge on any atom is -0.379 e. The topological polar surface area (TPSA) is 84.1 Å². The van der Waals surface area contributed by atoms with Gasteiger partial charge < -0.3 is 14.9 Å². The van der Waals surface area contributed by atoms with Gasteiger partial charge >= 0.3 is 0 Å². The van der Waals surface area contributed by atoms with Gasteiger partial charge in [-0.15, -0.1) is 11.3 Å². The fourth-order valence-electron chi connectivity index (χ4n) is 2.36. The molecule has 0 saturated carbocycles. The summed E-state index contributed by atoms with van der Waals surface area (Å²) in [5, 5.41) is 19.4. The van der Waals surface area contributed by atoms with E-state index in [2.05, 4.69) is 20.4 Å². The smallest absolute Gasteiger partial charge is 0.260 e. The zero-order chi connectivity index (χ0) is 13.6. The van der Waals surface area contributed by atoms with E-state index in [4.69, 9.17) is 4.52 Å². The third-order valence-electron chi connectivity index (χ3n) is 3.52. The SMILES string of the molecule is OC1(c2nc(-c3cnc4ccsc4c3)no2)CCNC1. The van der Waals surface area contributed by atoms with Crippen molar-refractivity contribution in [3.05, 3.63) is 29.6 Å². The van der Waals surface area contributed by atoms with Crippen molar-refractivity contribution in [2.24, 2.45) is 0 Å². The summed E-state index contributed by atoms with van der Waals surface area (Å²) in [6.45, 7) is 1.19. The summed E-state index contributed by atoms with van der Waals surface area (Å²) in [6, 6.07) is 3.96. The lowest BCUT2D eigenvalue weighted by Gasteiger charge is -2.14. The molecule has 1 unspecified atom stereocenters. The van der Waals surface area contributed by atoms with Gasteiger partial charge in [0.15, 0.2) is 5.60 Å². The molecule has 1 aliphatic heterocycles. The first-order valence-electron chi connectivity index (χ1n) is 6.36. The number of rotatable bonds is 2. The summed E-state index contributed by atoms with van der Waals surface area (Å²) >= 11 is 1.62. The summed E-state index contributed by atoms with van der Waals surface area (Å²) in [4.78, 5) is 8.68. The molecule has 3 aromatic heterocycles. The van der Waals surface area contributed by atoms with Gasteiger partial charge in [-0.3, -0.25) is 4.98 Å². The molecule has 1 aliphatic rings. The molecule has 2 N–H and O–H groups in total. The van der Waals surface area contributed by atoms with Crippen molar-refractivity contribution in [1.29, 1.82) is 0 Å². The molecule has 0 aliphatic carbocycles. The van der Waals surface area contributed by atoms with Crippen LogP contribution in [0.3, 0.4) is 0 Å². The molecule has 7 heteroatoms. The van der Waals surface area contributed by atoms with Crippen molar-refractivity contribution >= 4 is 21.6 Å². The molecule has 102 valence electrons. The molecule has 4 heterocycles. The molecule has 0 bridgehead atoms. The molecule has 0 amide bonds. The minimum atomic E-state index is -1.05. The first-order valence-corrected chi connectivity index (χ1v) is 7.23. The fraction of sp³-hybridized carbons (Fsp3) is 0.308. The number of thiophene rings is 1. The lowest BCUT2D eigenvalue weighted by molar-refractivity contribution is 0.0243. The molecule has 0 aromatic carbocycles. The molecule has 1 fully saturated rings. The van der Waals surface area contributed by atoms with Crippen molar-refractivity contribution in [3.8, 4) is 11.4 Å². The van der Waals surface area contributed by atoms with Crippen molar-refractivity contribution in [1.82, 2.24) is 20.4 Å². The average Bonchev–Trinajstić information content (AvgIpc) is 3.18. The Bertz CT molecular complexity index is 760. The van der Waals surface area contributed by atoms with Crippen LogP contribution in [-0.4, -0.2) is 33.3 Å². The van der Waals surface area contributed by atoms with E-state index in [-0.39, 0.29) is 5.89 Å². The summed E-state index contributed by atoms with van der Waals surface area (Å²) in [5.74, 6) is 0.729. The standard InChI is InChI=1S/C13H12N4O2S/c18-13(2-3-14-7-13)12-16-11(17-19-12)8-5-10-9(15-6-8)1-4-20-10/h1,4-6,14,18H,2-3,7H2. The van der Waals surface area contributed by atoms with Crippen LogP contribution in [0, 0.1) is 0 Å². The normalized spacial score (nSPS) is 22.6. The van der Waals surface area contributed by atoms with Crippen molar-refractivity contribution in [2.45, 2.75) is 12.0 Å². The van der Waals surface area contributed by atoms with E-state index in [1.807, 2.05) is 17.5 Å². The lowest BCUT2D eigenvalue weighted by atomic mass is 10.0. The van der Waals surface area contributed by atoms with Crippen LogP contribution in [-0.2, 0) is 5.60 Å². The number of nitrogens with one attached hydrogen (secondary N) is 1. The van der Waals surface area contributed by atoms with E-state index >= 15 is 0 Å². The zero-order valence-corrected chi connectivity index (χ0v) is 11.4.